The fourth-order valence-electron chi connectivity index (χ4n) is 2.75. The van der Waals surface area contributed by atoms with Gasteiger partial charge in [0, 0.05) is 0 Å². The Balaban J connectivity index is 1.87. The number of rotatable bonds is 10. The zero-order valence-electron chi connectivity index (χ0n) is 16.9. The van der Waals surface area contributed by atoms with E-state index in [1.807, 2.05) is 45.0 Å². The average Bonchev–Trinajstić information content (AvgIpc) is 3.13. The maximum absolute atomic E-state index is 12.1. The van der Waals surface area contributed by atoms with Crippen molar-refractivity contribution in [1.29, 1.82) is 0 Å². The van der Waals surface area contributed by atoms with Crippen LogP contribution in [-0.4, -0.2) is 44.8 Å². The normalized spacial score (nSPS) is 11.8. The summed E-state index contributed by atoms with van der Waals surface area (Å²) < 4.78 is 7.16. The molecule has 0 saturated carbocycles. The van der Waals surface area contributed by atoms with E-state index in [1.165, 1.54) is 0 Å². The molecule has 1 aromatic heterocycles. The van der Waals surface area contributed by atoms with Crippen molar-refractivity contribution in [3.05, 3.63) is 41.7 Å². The van der Waals surface area contributed by atoms with Crippen LogP contribution in [0, 0.1) is 5.92 Å². The summed E-state index contributed by atoms with van der Waals surface area (Å²) in [5.41, 5.74) is 3.17. The number of carbonyl (C=O) groups is 2. The molecule has 1 atom stereocenters. The number of amides is 3. The quantitative estimate of drug-likeness (QED) is 0.350. The molecule has 10 heteroatoms. The van der Waals surface area contributed by atoms with E-state index in [1.54, 1.807) is 16.4 Å². The Morgan fingerprint density at radius 2 is 2.10 bits per heavy atom. The Morgan fingerprint density at radius 1 is 1.31 bits per heavy atom. The first-order chi connectivity index (χ1) is 13.9. The van der Waals surface area contributed by atoms with Gasteiger partial charge in [0.25, 0.3) is 5.91 Å². The molecule has 0 bridgehead atoms. The third-order valence-electron chi connectivity index (χ3n) is 4.01. The first-order valence-electron chi connectivity index (χ1n) is 9.50. The van der Waals surface area contributed by atoms with Crippen LogP contribution in [0.5, 0.6) is 5.75 Å². The molecular weight excluding hydrogens is 376 g/mol. The molecule has 0 fully saturated rings. The SMILES string of the molecule is CCOc1cccc(Cn2cc(CNC(=O)N[C@@H](CC(C)C)C(=O)NO)nn2)c1. The summed E-state index contributed by atoms with van der Waals surface area (Å²) in [4.78, 5) is 23.7. The molecule has 4 N–H and O–H groups in total. The molecule has 0 unspecified atom stereocenters. The van der Waals surface area contributed by atoms with E-state index >= 15 is 0 Å². The second-order valence-corrected chi connectivity index (χ2v) is 6.97. The molecule has 2 aromatic rings. The number of ether oxygens (including phenoxy) is 1. The summed E-state index contributed by atoms with van der Waals surface area (Å²) in [6.07, 6.45) is 2.14. The van der Waals surface area contributed by atoms with Gasteiger partial charge in [-0.1, -0.05) is 31.2 Å². The minimum Gasteiger partial charge on any atom is -0.494 e. The third-order valence-corrected chi connectivity index (χ3v) is 4.01. The van der Waals surface area contributed by atoms with Crippen LogP contribution >= 0.6 is 0 Å². The van der Waals surface area contributed by atoms with Gasteiger partial charge in [0.05, 0.1) is 25.9 Å². The number of aromatic nitrogens is 3. The van der Waals surface area contributed by atoms with Crippen molar-refractivity contribution in [2.75, 3.05) is 6.61 Å². The second kappa shape index (κ2) is 11.0. The minimum atomic E-state index is -0.826. The summed E-state index contributed by atoms with van der Waals surface area (Å²) in [5, 5.41) is 22.1. The van der Waals surface area contributed by atoms with Gasteiger partial charge in [-0.2, -0.15) is 0 Å². The molecule has 10 nitrogen and oxygen atoms in total. The number of hydrogen-bond acceptors (Lipinski definition) is 6. The zero-order chi connectivity index (χ0) is 21.2. The van der Waals surface area contributed by atoms with Gasteiger partial charge in [0.15, 0.2) is 0 Å². The molecule has 1 heterocycles. The molecule has 0 radical (unpaired) electrons. The number of benzene rings is 1. The molecule has 0 spiro atoms. The van der Waals surface area contributed by atoms with Crippen molar-refractivity contribution < 1.29 is 19.5 Å². The highest BCUT2D eigenvalue weighted by atomic mass is 16.5. The van der Waals surface area contributed by atoms with Gasteiger partial charge in [-0.15, -0.1) is 5.10 Å². The van der Waals surface area contributed by atoms with Crippen molar-refractivity contribution >= 4 is 11.9 Å². The summed E-state index contributed by atoms with van der Waals surface area (Å²) in [6.45, 7) is 7.04. The Morgan fingerprint density at radius 3 is 2.79 bits per heavy atom. The van der Waals surface area contributed by atoms with E-state index < -0.39 is 18.0 Å². The molecule has 3 amide bonds. The smallest absolute Gasteiger partial charge is 0.315 e. The van der Waals surface area contributed by atoms with Crippen LogP contribution in [0.2, 0.25) is 0 Å². The molecule has 2 rings (SSSR count). The molecule has 0 aliphatic carbocycles. The molecule has 0 aliphatic rings. The average molecular weight is 404 g/mol. The number of carbonyl (C=O) groups excluding carboxylic acids is 2. The summed E-state index contributed by atoms with van der Waals surface area (Å²) in [7, 11) is 0. The van der Waals surface area contributed by atoms with Crippen LogP contribution in [0.25, 0.3) is 0 Å². The molecule has 1 aromatic carbocycles. The van der Waals surface area contributed by atoms with E-state index in [0.29, 0.717) is 25.3 Å². The first kappa shape index (κ1) is 22.2. The van der Waals surface area contributed by atoms with Crippen LogP contribution in [-0.2, 0) is 17.9 Å². The lowest BCUT2D eigenvalue weighted by atomic mass is 10.0. The maximum atomic E-state index is 12.1. The standard InChI is InChI=1S/C19H28N6O4/c1-4-29-16-7-5-6-14(9-16)11-25-12-15(22-24-25)10-20-19(27)21-17(8-13(2)3)18(26)23-28/h5-7,9,12-13,17,28H,4,8,10-11H2,1-3H3,(H,23,26)(H2,20,21,27)/t17-/m0/s1. The predicted octanol–water partition coefficient (Wildman–Crippen LogP) is 1.44. The largest absolute Gasteiger partial charge is 0.494 e. The van der Waals surface area contributed by atoms with Crippen LogP contribution in [0.1, 0.15) is 38.4 Å². The van der Waals surface area contributed by atoms with Crippen molar-refractivity contribution in [2.24, 2.45) is 5.92 Å². The van der Waals surface area contributed by atoms with E-state index in [0.717, 1.165) is 11.3 Å². The number of urea groups is 1. The molecule has 158 valence electrons. The van der Waals surface area contributed by atoms with Gasteiger partial charge in [-0.05, 0) is 37.0 Å². The van der Waals surface area contributed by atoms with E-state index in [9.17, 15) is 9.59 Å². The predicted molar refractivity (Wildman–Crippen MR) is 105 cm³/mol. The lowest BCUT2D eigenvalue weighted by Gasteiger charge is -2.18. The maximum Gasteiger partial charge on any atom is 0.315 e. The number of hydrogen-bond donors (Lipinski definition) is 4. The summed E-state index contributed by atoms with van der Waals surface area (Å²) in [5.74, 6) is 0.305. The Kier molecular flexibility index (Phi) is 8.41. The number of nitrogens with one attached hydrogen (secondary N) is 3. The molecular formula is C19H28N6O4. The fraction of sp³-hybridized carbons (Fsp3) is 0.474. The lowest BCUT2D eigenvalue weighted by Crippen LogP contribution is -2.49. The topological polar surface area (TPSA) is 130 Å². The number of hydroxylamine groups is 1. The molecule has 29 heavy (non-hydrogen) atoms. The zero-order valence-corrected chi connectivity index (χ0v) is 16.9. The summed E-state index contributed by atoms with van der Waals surface area (Å²) >= 11 is 0. The van der Waals surface area contributed by atoms with Gasteiger partial charge in [-0.25, -0.2) is 15.0 Å². The third kappa shape index (κ3) is 7.41. The minimum absolute atomic E-state index is 0.153. The molecule has 0 aliphatic heterocycles. The Hall–Kier alpha value is -3.14. The van der Waals surface area contributed by atoms with Gasteiger partial charge < -0.3 is 15.4 Å². The summed E-state index contributed by atoms with van der Waals surface area (Å²) in [6, 6.07) is 6.37. The van der Waals surface area contributed by atoms with Crippen molar-refractivity contribution in [2.45, 2.75) is 46.3 Å². The van der Waals surface area contributed by atoms with E-state index in [4.69, 9.17) is 9.94 Å². The highest BCUT2D eigenvalue weighted by Gasteiger charge is 2.21. The van der Waals surface area contributed by atoms with Gasteiger partial charge >= 0.3 is 6.03 Å². The second-order valence-electron chi connectivity index (χ2n) is 6.97. The van der Waals surface area contributed by atoms with Gasteiger partial charge in [0.1, 0.15) is 17.5 Å². The van der Waals surface area contributed by atoms with Crippen LogP contribution in [0.15, 0.2) is 30.5 Å². The highest BCUT2D eigenvalue weighted by Crippen LogP contribution is 2.14. The Labute approximate surface area is 169 Å². The van der Waals surface area contributed by atoms with Crippen molar-refractivity contribution in [3.63, 3.8) is 0 Å². The van der Waals surface area contributed by atoms with Crippen LogP contribution < -0.4 is 20.9 Å². The van der Waals surface area contributed by atoms with Gasteiger partial charge in [0.2, 0.25) is 0 Å². The number of nitrogens with zero attached hydrogens (tertiary/aromatic N) is 3. The van der Waals surface area contributed by atoms with Crippen LogP contribution in [0.4, 0.5) is 4.79 Å². The Bertz CT molecular complexity index is 808. The molecule has 0 saturated heterocycles. The monoisotopic (exact) mass is 404 g/mol. The highest BCUT2D eigenvalue weighted by molar-refractivity contribution is 5.86. The fourth-order valence-corrected chi connectivity index (χ4v) is 2.75. The van der Waals surface area contributed by atoms with Crippen LogP contribution in [0.3, 0.4) is 0 Å². The van der Waals surface area contributed by atoms with E-state index in [-0.39, 0.29) is 12.5 Å². The van der Waals surface area contributed by atoms with Gasteiger partial charge in [-0.3, -0.25) is 10.0 Å². The van der Waals surface area contributed by atoms with Crippen molar-refractivity contribution in [3.8, 4) is 5.75 Å². The van der Waals surface area contributed by atoms with Crippen molar-refractivity contribution in [1.82, 2.24) is 31.1 Å². The lowest BCUT2D eigenvalue weighted by molar-refractivity contribution is -0.131. The van der Waals surface area contributed by atoms with E-state index in [2.05, 4.69) is 20.9 Å². The first-order valence-corrected chi connectivity index (χ1v) is 9.50.